The molecule has 2 aromatic rings. The number of pyridine rings is 1. The number of hydrogen-bond acceptors (Lipinski definition) is 3. The van der Waals surface area contributed by atoms with Crippen LogP contribution in [0.1, 0.15) is 37.6 Å². The van der Waals surface area contributed by atoms with Crippen molar-refractivity contribution < 1.29 is 5.11 Å². The summed E-state index contributed by atoms with van der Waals surface area (Å²) in [6, 6.07) is 11.8. The molecule has 0 aliphatic rings. The van der Waals surface area contributed by atoms with Crippen LogP contribution in [0, 0.1) is 0 Å². The lowest BCUT2D eigenvalue weighted by Crippen LogP contribution is -2.18. The molecule has 1 aromatic heterocycles. The largest absolute Gasteiger partial charge is 0.508 e. The third-order valence-electron chi connectivity index (χ3n) is 3.55. The van der Waals surface area contributed by atoms with Gasteiger partial charge in [-0.15, -0.1) is 0 Å². The topological polar surface area (TPSA) is 45.1 Å². The molecule has 0 spiro atoms. The van der Waals surface area contributed by atoms with E-state index in [1.807, 2.05) is 30.5 Å². The average Bonchev–Trinajstić information content (AvgIpc) is 2.45. The molecule has 21 heavy (non-hydrogen) atoms. The molecule has 0 aliphatic heterocycles. The van der Waals surface area contributed by atoms with Crippen LogP contribution in [0.5, 0.6) is 5.75 Å². The summed E-state index contributed by atoms with van der Waals surface area (Å²) in [6.45, 7) is 8.05. The number of nitrogens with zero attached hydrogens (tertiary/aromatic N) is 1. The van der Waals surface area contributed by atoms with Crippen LogP contribution in [0.4, 0.5) is 0 Å². The zero-order valence-corrected chi connectivity index (χ0v) is 13.1. The lowest BCUT2D eigenvalue weighted by molar-refractivity contribution is 0.463. The Kier molecular flexibility index (Phi) is 4.97. The van der Waals surface area contributed by atoms with E-state index >= 15 is 0 Å². The van der Waals surface area contributed by atoms with E-state index in [4.69, 9.17) is 0 Å². The molecule has 0 radical (unpaired) electrons. The van der Waals surface area contributed by atoms with Gasteiger partial charge in [0.05, 0.1) is 0 Å². The van der Waals surface area contributed by atoms with Crippen LogP contribution in [-0.2, 0) is 18.4 Å². The summed E-state index contributed by atoms with van der Waals surface area (Å²) < 4.78 is 0. The first-order valence-electron chi connectivity index (χ1n) is 7.40. The Hall–Kier alpha value is -1.87. The Morgan fingerprint density at radius 2 is 1.95 bits per heavy atom. The Bertz CT molecular complexity index is 574. The van der Waals surface area contributed by atoms with E-state index in [1.54, 1.807) is 6.07 Å². The van der Waals surface area contributed by atoms with Gasteiger partial charge in [0.1, 0.15) is 5.75 Å². The highest BCUT2D eigenvalue weighted by atomic mass is 16.3. The van der Waals surface area contributed by atoms with E-state index in [0.717, 1.165) is 24.2 Å². The van der Waals surface area contributed by atoms with Gasteiger partial charge in [-0.05, 0) is 29.2 Å². The van der Waals surface area contributed by atoms with Gasteiger partial charge in [-0.1, -0.05) is 39.0 Å². The zero-order chi connectivity index (χ0) is 15.3. The Balaban J connectivity index is 1.91. The second-order valence-electron chi connectivity index (χ2n) is 6.34. The van der Waals surface area contributed by atoms with Crippen molar-refractivity contribution in [2.45, 2.75) is 39.2 Å². The third-order valence-corrected chi connectivity index (χ3v) is 3.55. The summed E-state index contributed by atoms with van der Waals surface area (Å²) in [5.41, 5.74) is 3.36. The summed E-state index contributed by atoms with van der Waals surface area (Å²) in [6.07, 6.45) is 2.70. The Morgan fingerprint density at radius 3 is 2.62 bits per heavy atom. The SMILES string of the molecule is CC(C)(C)c1ccc(O)c(CNCCc2ccccn2)c1. The summed E-state index contributed by atoms with van der Waals surface area (Å²) in [7, 11) is 0. The third kappa shape index (κ3) is 4.57. The van der Waals surface area contributed by atoms with Crippen LogP contribution in [0.15, 0.2) is 42.6 Å². The van der Waals surface area contributed by atoms with Gasteiger partial charge in [-0.2, -0.15) is 0 Å². The van der Waals surface area contributed by atoms with Gasteiger partial charge in [0, 0.05) is 37.0 Å². The van der Waals surface area contributed by atoms with Gasteiger partial charge in [-0.3, -0.25) is 4.98 Å². The number of aromatic hydroxyl groups is 1. The predicted molar refractivity (Wildman–Crippen MR) is 86.5 cm³/mol. The minimum absolute atomic E-state index is 0.0937. The molecule has 1 heterocycles. The maximum absolute atomic E-state index is 9.96. The average molecular weight is 284 g/mol. The van der Waals surface area contributed by atoms with Gasteiger partial charge >= 0.3 is 0 Å². The molecule has 0 fully saturated rings. The second-order valence-corrected chi connectivity index (χ2v) is 6.34. The summed E-state index contributed by atoms with van der Waals surface area (Å²) in [4.78, 5) is 4.30. The van der Waals surface area contributed by atoms with Crippen molar-refractivity contribution in [1.82, 2.24) is 10.3 Å². The van der Waals surface area contributed by atoms with Gasteiger partial charge < -0.3 is 10.4 Å². The van der Waals surface area contributed by atoms with Crippen molar-refractivity contribution in [1.29, 1.82) is 0 Å². The maximum atomic E-state index is 9.96. The molecule has 112 valence electrons. The van der Waals surface area contributed by atoms with Crippen molar-refractivity contribution in [3.05, 3.63) is 59.4 Å². The molecular weight excluding hydrogens is 260 g/mol. The quantitative estimate of drug-likeness (QED) is 0.827. The molecule has 0 unspecified atom stereocenters. The molecule has 1 aromatic carbocycles. The van der Waals surface area contributed by atoms with Crippen LogP contribution in [0.25, 0.3) is 0 Å². The van der Waals surface area contributed by atoms with E-state index in [9.17, 15) is 5.11 Å². The minimum atomic E-state index is 0.0937. The molecule has 0 saturated heterocycles. The molecule has 2 rings (SSSR count). The fourth-order valence-corrected chi connectivity index (χ4v) is 2.18. The van der Waals surface area contributed by atoms with E-state index in [2.05, 4.69) is 37.1 Å². The molecular formula is C18H24N2O. The standard InChI is InChI=1S/C18H24N2O/c1-18(2,3)15-7-8-17(21)14(12-15)13-19-11-9-16-6-4-5-10-20-16/h4-8,10,12,19,21H,9,11,13H2,1-3H3. The first-order chi connectivity index (χ1) is 9.97. The molecule has 0 saturated carbocycles. The number of aromatic nitrogens is 1. The van der Waals surface area contributed by atoms with Crippen molar-refractivity contribution in [3.8, 4) is 5.75 Å². The highest BCUT2D eigenvalue weighted by Crippen LogP contribution is 2.27. The number of rotatable bonds is 5. The van der Waals surface area contributed by atoms with Crippen LogP contribution in [-0.4, -0.2) is 16.6 Å². The Morgan fingerprint density at radius 1 is 1.14 bits per heavy atom. The van der Waals surface area contributed by atoms with Crippen LogP contribution in [0.2, 0.25) is 0 Å². The summed E-state index contributed by atoms with van der Waals surface area (Å²) in [5, 5.41) is 13.3. The first-order valence-corrected chi connectivity index (χ1v) is 7.40. The molecule has 0 atom stereocenters. The van der Waals surface area contributed by atoms with Crippen LogP contribution < -0.4 is 5.32 Å². The number of nitrogens with one attached hydrogen (secondary N) is 1. The van der Waals surface area contributed by atoms with Gasteiger partial charge in [-0.25, -0.2) is 0 Å². The lowest BCUT2D eigenvalue weighted by Gasteiger charge is -2.20. The molecule has 0 bridgehead atoms. The smallest absolute Gasteiger partial charge is 0.120 e. The van der Waals surface area contributed by atoms with Gasteiger partial charge in [0.15, 0.2) is 0 Å². The van der Waals surface area contributed by atoms with Crippen LogP contribution >= 0.6 is 0 Å². The monoisotopic (exact) mass is 284 g/mol. The van der Waals surface area contributed by atoms with E-state index in [0.29, 0.717) is 12.3 Å². The molecule has 0 amide bonds. The minimum Gasteiger partial charge on any atom is -0.508 e. The zero-order valence-electron chi connectivity index (χ0n) is 13.1. The highest BCUT2D eigenvalue weighted by molar-refractivity contribution is 5.38. The van der Waals surface area contributed by atoms with Crippen molar-refractivity contribution in [3.63, 3.8) is 0 Å². The summed E-state index contributed by atoms with van der Waals surface area (Å²) in [5.74, 6) is 0.355. The maximum Gasteiger partial charge on any atom is 0.120 e. The van der Waals surface area contributed by atoms with Gasteiger partial charge in [0.2, 0.25) is 0 Å². The van der Waals surface area contributed by atoms with E-state index in [1.165, 1.54) is 5.56 Å². The summed E-state index contributed by atoms with van der Waals surface area (Å²) >= 11 is 0. The van der Waals surface area contributed by atoms with Gasteiger partial charge in [0.25, 0.3) is 0 Å². The predicted octanol–water partition coefficient (Wildman–Crippen LogP) is 3.42. The fourth-order valence-electron chi connectivity index (χ4n) is 2.18. The molecule has 3 heteroatoms. The first kappa shape index (κ1) is 15.5. The number of phenols is 1. The second kappa shape index (κ2) is 6.72. The molecule has 3 nitrogen and oxygen atoms in total. The van der Waals surface area contributed by atoms with E-state index in [-0.39, 0.29) is 5.41 Å². The molecule has 0 aliphatic carbocycles. The fraction of sp³-hybridized carbons (Fsp3) is 0.389. The number of hydrogen-bond donors (Lipinski definition) is 2. The lowest BCUT2D eigenvalue weighted by atomic mass is 9.86. The highest BCUT2D eigenvalue weighted by Gasteiger charge is 2.15. The number of benzene rings is 1. The normalized spacial score (nSPS) is 11.6. The molecule has 2 N–H and O–H groups in total. The van der Waals surface area contributed by atoms with E-state index < -0.39 is 0 Å². The van der Waals surface area contributed by atoms with Crippen molar-refractivity contribution >= 4 is 0 Å². The van der Waals surface area contributed by atoms with Crippen LogP contribution in [0.3, 0.4) is 0 Å². The Labute approximate surface area is 127 Å². The van der Waals surface area contributed by atoms with Crippen molar-refractivity contribution in [2.75, 3.05) is 6.54 Å². The van der Waals surface area contributed by atoms with Crippen molar-refractivity contribution in [2.24, 2.45) is 0 Å². The number of phenolic OH excluding ortho intramolecular Hbond substituents is 1.